The van der Waals surface area contributed by atoms with E-state index in [1.54, 1.807) is 34.6 Å². The first-order valence-electron chi connectivity index (χ1n) is 22.5. The van der Waals surface area contributed by atoms with Crippen molar-refractivity contribution in [1.29, 1.82) is 0 Å². The normalized spacial score (nSPS) is 14.6. The monoisotopic (exact) mass is 925 g/mol. The van der Waals surface area contributed by atoms with Crippen molar-refractivity contribution >= 4 is 59.1 Å². The van der Waals surface area contributed by atoms with Gasteiger partial charge in [-0.2, -0.15) is 0 Å². The summed E-state index contributed by atoms with van der Waals surface area (Å²) in [6.45, 7) is 19.9. The lowest BCUT2D eigenvalue weighted by molar-refractivity contribution is -0.147. The molecular weight excluding hydrogens is 841 g/mol. The molecule has 368 valence electrons. The van der Waals surface area contributed by atoms with Crippen molar-refractivity contribution < 1.29 is 43.1 Å². The molecule has 0 aromatic heterocycles. The number of imide groups is 1. The van der Waals surface area contributed by atoms with Gasteiger partial charge in [0, 0.05) is 55.1 Å². The molecule has 0 rings (SSSR count). The van der Waals surface area contributed by atoms with Crippen LogP contribution in [0.25, 0.3) is 0 Å². The molecule has 0 radical (unpaired) electrons. The summed E-state index contributed by atoms with van der Waals surface area (Å²) in [6, 6.07) is -5.74. The van der Waals surface area contributed by atoms with Gasteiger partial charge in [-0.05, 0) is 76.4 Å². The second kappa shape index (κ2) is 28.7. The Morgan fingerprint density at radius 1 is 0.750 bits per heavy atom. The Kier molecular flexibility index (Phi) is 26.8. The molecule has 0 saturated carbocycles. The Labute approximate surface area is 388 Å². The molecule has 0 aliphatic rings. The van der Waals surface area contributed by atoms with Gasteiger partial charge in [0.25, 0.3) is 0 Å². The van der Waals surface area contributed by atoms with Gasteiger partial charge in [-0.25, -0.2) is 4.79 Å². The van der Waals surface area contributed by atoms with Crippen molar-refractivity contribution in [3.63, 3.8) is 0 Å². The lowest BCUT2D eigenvalue weighted by atomic mass is 9.94. The maximum absolute atomic E-state index is 14.4. The molecule has 64 heavy (non-hydrogen) atoms. The van der Waals surface area contributed by atoms with Crippen LogP contribution in [0.3, 0.4) is 0 Å². The fourth-order valence-corrected chi connectivity index (χ4v) is 7.55. The number of hydrogen-bond acceptors (Lipinski definition) is 10. The average molecular weight is 925 g/mol. The number of nitrogens with one attached hydrogen (secondary N) is 3. The first-order chi connectivity index (χ1) is 29.6. The predicted molar refractivity (Wildman–Crippen MR) is 254 cm³/mol. The molecule has 0 aromatic rings. The Morgan fingerprint density at radius 2 is 1.33 bits per heavy atom. The van der Waals surface area contributed by atoms with Crippen molar-refractivity contribution in [3.8, 4) is 0 Å². The summed E-state index contributed by atoms with van der Waals surface area (Å²) in [5.74, 6) is -3.62. The quantitative estimate of drug-likeness (QED) is 0.0787. The van der Waals surface area contributed by atoms with Crippen molar-refractivity contribution in [2.75, 3.05) is 61.0 Å². The van der Waals surface area contributed by atoms with Gasteiger partial charge in [-0.1, -0.05) is 67.5 Å². The highest BCUT2D eigenvalue weighted by molar-refractivity contribution is 7.98. The van der Waals surface area contributed by atoms with E-state index in [1.807, 2.05) is 60.0 Å². The van der Waals surface area contributed by atoms with Gasteiger partial charge in [0.15, 0.2) is 0 Å². The van der Waals surface area contributed by atoms with Crippen LogP contribution in [0.5, 0.6) is 0 Å². The smallest absolute Gasteiger partial charge is 0.326 e. The first kappa shape index (κ1) is 59.8. The zero-order valence-corrected chi connectivity index (χ0v) is 43.1. The van der Waals surface area contributed by atoms with Crippen LogP contribution in [-0.2, 0) is 38.3 Å². The van der Waals surface area contributed by atoms with Crippen molar-refractivity contribution in [1.82, 2.24) is 40.4 Å². The summed E-state index contributed by atoms with van der Waals surface area (Å²) in [4.78, 5) is 116. The average Bonchev–Trinajstić information content (AvgIpc) is 3.23. The molecule has 0 aromatic carbocycles. The number of ether oxygens (including phenoxy) is 1. The topological polar surface area (TPSA) is 198 Å². The van der Waals surface area contributed by atoms with Gasteiger partial charge < -0.3 is 40.3 Å². The SMILES string of the molecule is C/C=C/C[C@@H](C)CC(C(=O)N[C@@H](CC)C(=O)N(C)CC(=O)N(C)[C@@H](CC(C)(C)OCSC)C(=O)N[C@@H](C(=O)NC)C(C)C)N(C)C(=O)[C@H](C(C)C)N(C)C(=O)N(C)C(=O)CCC(C)C. The Bertz CT molecular complexity index is 1590. The molecule has 9 amide bonds. The largest absolute Gasteiger partial charge is 0.365 e. The molecule has 3 N–H and O–H groups in total. The van der Waals surface area contributed by atoms with E-state index in [2.05, 4.69) is 16.0 Å². The van der Waals surface area contributed by atoms with E-state index in [4.69, 9.17) is 4.74 Å². The Balaban J connectivity index is 6.60. The number of thioether (sulfide) groups is 1. The number of likely N-dealkylation sites (N-methyl/N-ethyl adjacent to an activating group) is 5. The number of carbonyl (C=O) groups excluding carboxylic acids is 8. The number of urea groups is 1. The summed E-state index contributed by atoms with van der Waals surface area (Å²) in [6.07, 6.45) is 7.62. The van der Waals surface area contributed by atoms with E-state index in [-0.39, 0.29) is 55.3 Å². The molecule has 0 aliphatic carbocycles. The molecule has 17 nitrogen and oxygen atoms in total. The maximum Gasteiger partial charge on any atom is 0.326 e. The van der Waals surface area contributed by atoms with E-state index < -0.39 is 83.8 Å². The lowest BCUT2D eigenvalue weighted by Crippen LogP contribution is -2.60. The van der Waals surface area contributed by atoms with E-state index in [0.717, 1.165) is 4.90 Å². The molecular formula is C46H84N8O9S. The van der Waals surface area contributed by atoms with E-state index in [0.29, 0.717) is 18.8 Å². The molecule has 0 spiro atoms. The summed E-state index contributed by atoms with van der Waals surface area (Å²) in [7, 11) is 8.74. The van der Waals surface area contributed by atoms with E-state index in [9.17, 15) is 38.4 Å². The fraction of sp³-hybridized carbons (Fsp3) is 0.783. The highest BCUT2D eigenvalue weighted by atomic mass is 32.2. The number of carbonyl (C=O) groups is 8. The highest BCUT2D eigenvalue weighted by Gasteiger charge is 2.40. The molecule has 0 bridgehead atoms. The molecule has 0 aliphatic heterocycles. The highest BCUT2D eigenvalue weighted by Crippen LogP contribution is 2.24. The minimum Gasteiger partial charge on any atom is -0.365 e. The molecule has 0 fully saturated rings. The number of rotatable bonds is 27. The summed E-state index contributed by atoms with van der Waals surface area (Å²) in [5.41, 5.74) is -0.850. The second-order valence-corrected chi connectivity index (χ2v) is 19.4. The van der Waals surface area contributed by atoms with Crippen LogP contribution in [0.15, 0.2) is 12.2 Å². The van der Waals surface area contributed by atoms with Gasteiger partial charge in [0.1, 0.15) is 30.2 Å². The molecule has 18 heteroatoms. The number of nitrogens with zero attached hydrogens (tertiary/aromatic N) is 5. The molecule has 6 atom stereocenters. The van der Waals surface area contributed by atoms with Gasteiger partial charge in [0.2, 0.25) is 41.4 Å². The lowest BCUT2D eigenvalue weighted by Gasteiger charge is -2.38. The van der Waals surface area contributed by atoms with Crippen LogP contribution in [0.1, 0.15) is 115 Å². The fourth-order valence-electron chi connectivity index (χ4n) is 7.12. The minimum atomic E-state index is -1.08. The molecule has 0 saturated heterocycles. The van der Waals surface area contributed by atoms with Crippen LogP contribution in [0, 0.1) is 23.7 Å². The standard InChI is InChI=1S/C46H84N8O9S/c1-19-21-22-32(9)25-34(52(15)44(61)39(31(7)8)54(17)45(62)53(16)36(55)24-23-29(3)4)40(57)48-33(20-2)43(60)50(13)27-37(56)51(14)35(26-46(10,11)63-28-64-18)41(58)49-38(30(5)6)42(59)47-12/h19,21,29-35,38-39H,20,22-28H2,1-18H3,(H,47,59)(H,48,57)(H,49,58)/b21-19+/t32-,33+,34?,35+,38-,39+/m1/s1. The van der Waals surface area contributed by atoms with Gasteiger partial charge >= 0.3 is 6.03 Å². The maximum atomic E-state index is 14.4. The summed E-state index contributed by atoms with van der Waals surface area (Å²) < 4.78 is 5.99. The zero-order chi connectivity index (χ0) is 49.8. The van der Waals surface area contributed by atoms with Gasteiger partial charge in [-0.3, -0.25) is 38.5 Å². The third-order valence-corrected chi connectivity index (χ3v) is 11.8. The van der Waals surface area contributed by atoms with Crippen LogP contribution in [-0.4, -0.2) is 169 Å². The van der Waals surface area contributed by atoms with Gasteiger partial charge in [-0.15, -0.1) is 11.8 Å². The Morgan fingerprint density at radius 3 is 1.81 bits per heavy atom. The number of amides is 9. The van der Waals surface area contributed by atoms with Crippen LogP contribution in [0.2, 0.25) is 0 Å². The minimum absolute atomic E-state index is 0.0659. The van der Waals surface area contributed by atoms with Crippen molar-refractivity contribution in [2.45, 2.75) is 150 Å². The second-order valence-electron chi connectivity index (χ2n) is 18.6. The third-order valence-electron chi connectivity index (χ3n) is 11.4. The van der Waals surface area contributed by atoms with Crippen molar-refractivity contribution in [2.24, 2.45) is 23.7 Å². The zero-order valence-electron chi connectivity index (χ0n) is 42.3. The van der Waals surface area contributed by atoms with E-state index in [1.165, 1.54) is 73.6 Å². The van der Waals surface area contributed by atoms with Gasteiger partial charge in [0.05, 0.1) is 18.1 Å². The van der Waals surface area contributed by atoms with Crippen LogP contribution in [0.4, 0.5) is 4.79 Å². The van der Waals surface area contributed by atoms with Crippen molar-refractivity contribution in [3.05, 3.63) is 12.2 Å². The van der Waals surface area contributed by atoms with Crippen LogP contribution < -0.4 is 16.0 Å². The van der Waals surface area contributed by atoms with E-state index >= 15 is 0 Å². The summed E-state index contributed by atoms with van der Waals surface area (Å²) in [5, 5.41) is 8.21. The third kappa shape index (κ3) is 19.1. The van der Waals surface area contributed by atoms with Crippen LogP contribution >= 0.6 is 11.8 Å². The summed E-state index contributed by atoms with van der Waals surface area (Å²) >= 11 is 1.46. The molecule has 0 heterocycles. The number of hydrogen-bond donors (Lipinski definition) is 3. The number of allylic oxidation sites excluding steroid dienone is 2. The molecule has 1 unspecified atom stereocenters. The predicted octanol–water partition coefficient (Wildman–Crippen LogP) is 4.35. The Hall–Kier alpha value is -4.19. The first-order valence-corrected chi connectivity index (χ1v) is 23.9.